The third-order valence-corrected chi connectivity index (χ3v) is 2.11. The summed E-state index contributed by atoms with van der Waals surface area (Å²) >= 11 is 0. The summed E-state index contributed by atoms with van der Waals surface area (Å²) in [7, 11) is 0. The first-order valence-electron chi connectivity index (χ1n) is 4.10. The highest BCUT2D eigenvalue weighted by atomic mass is 16.3. The van der Waals surface area contributed by atoms with Gasteiger partial charge < -0.3 is 15.8 Å². The number of nitrogens with two attached hydrogens (primary N) is 1. The molecule has 0 fully saturated rings. The molecule has 0 aliphatic rings. The van der Waals surface area contributed by atoms with Crippen LogP contribution in [0.5, 0.6) is 0 Å². The average Bonchev–Trinajstić information content (AvgIpc) is 2.60. The molecule has 0 aliphatic carbocycles. The minimum absolute atomic E-state index is 0.0537. The van der Waals surface area contributed by atoms with Crippen LogP contribution in [0.15, 0.2) is 24.7 Å². The zero-order chi connectivity index (χ0) is 9.26. The van der Waals surface area contributed by atoms with Crippen LogP contribution < -0.4 is 5.73 Å². The van der Waals surface area contributed by atoms with E-state index in [-0.39, 0.29) is 12.6 Å². The van der Waals surface area contributed by atoms with E-state index in [4.69, 9.17) is 10.8 Å². The second-order valence-corrected chi connectivity index (χ2v) is 2.95. The summed E-state index contributed by atoms with van der Waals surface area (Å²) in [4.78, 5) is 7.08. The molecule has 0 aromatic carbocycles. The summed E-state index contributed by atoms with van der Waals surface area (Å²) in [5.41, 5.74) is 7.61. The number of pyridine rings is 1. The predicted molar refractivity (Wildman–Crippen MR) is 50.1 cm³/mol. The molecule has 2 aromatic heterocycles. The first-order valence-corrected chi connectivity index (χ1v) is 4.10. The third-order valence-electron chi connectivity index (χ3n) is 2.11. The number of rotatable bonds is 2. The molecule has 68 valence electrons. The van der Waals surface area contributed by atoms with Gasteiger partial charge in [-0.05, 0) is 11.6 Å². The van der Waals surface area contributed by atoms with Crippen LogP contribution in [0, 0.1) is 0 Å². The van der Waals surface area contributed by atoms with E-state index in [0.29, 0.717) is 0 Å². The fourth-order valence-corrected chi connectivity index (χ4v) is 1.39. The van der Waals surface area contributed by atoms with E-state index in [1.165, 1.54) is 0 Å². The number of nitrogens with zero attached hydrogens (tertiary/aromatic N) is 1. The second-order valence-electron chi connectivity index (χ2n) is 2.95. The maximum absolute atomic E-state index is 8.91. The Morgan fingerprint density at radius 1 is 1.62 bits per heavy atom. The first kappa shape index (κ1) is 8.22. The van der Waals surface area contributed by atoms with Crippen molar-refractivity contribution in [2.75, 3.05) is 6.61 Å². The van der Waals surface area contributed by atoms with E-state index in [9.17, 15) is 0 Å². The van der Waals surface area contributed by atoms with Gasteiger partial charge in [0.25, 0.3) is 0 Å². The molecule has 4 nitrogen and oxygen atoms in total. The lowest BCUT2D eigenvalue weighted by molar-refractivity contribution is 0.268. The molecule has 1 unspecified atom stereocenters. The molecule has 0 spiro atoms. The minimum atomic E-state index is -0.335. The fourth-order valence-electron chi connectivity index (χ4n) is 1.39. The number of aliphatic hydroxyl groups excluding tert-OH is 1. The lowest BCUT2D eigenvalue weighted by Gasteiger charge is -2.05. The lowest BCUT2D eigenvalue weighted by Crippen LogP contribution is -2.13. The number of hydrogen-bond donors (Lipinski definition) is 3. The van der Waals surface area contributed by atoms with Gasteiger partial charge in [-0.2, -0.15) is 0 Å². The average molecular weight is 177 g/mol. The van der Waals surface area contributed by atoms with E-state index in [1.54, 1.807) is 12.4 Å². The third kappa shape index (κ3) is 1.30. The molecular formula is C9H11N3O. The van der Waals surface area contributed by atoms with Crippen LogP contribution in [-0.2, 0) is 0 Å². The Morgan fingerprint density at radius 2 is 2.46 bits per heavy atom. The Labute approximate surface area is 75.4 Å². The molecule has 2 heterocycles. The summed E-state index contributed by atoms with van der Waals surface area (Å²) in [5, 5.41) is 9.88. The Hall–Kier alpha value is -1.39. The van der Waals surface area contributed by atoms with Gasteiger partial charge in [-0.3, -0.25) is 4.98 Å². The maximum Gasteiger partial charge on any atom is 0.0625 e. The van der Waals surface area contributed by atoms with E-state index in [0.717, 1.165) is 16.5 Å². The minimum Gasteiger partial charge on any atom is -0.394 e. The highest BCUT2D eigenvalue weighted by Gasteiger charge is 2.09. The van der Waals surface area contributed by atoms with Crippen molar-refractivity contribution in [3.8, 4) is 0 Å². The maximum atomic E-state index is 8.91. The van der Waals surface area contributed by atoms with Crippen molar-refractivity contribution < 1.29 is 5.11 Å². The molecule has 4 heteroatoms. The van der Waals surface area contributed by atoms with Gasteiger partial charge in [0.2, 0.25) is 0 Å². The van der Waals surface area contributed by atoms with E-state index >= 15 is 0 Å². The largest absolute Gasteiger partial charge is 0.394 e. The highest BCUT2D eigenvalue weighted by Crippen LogP contribution is 2.20. The normalized spacial score (nSPS) is 13.4. The monoisotopic (exact) mass is 177 g/mol. The van der Waals surface area contributed by atoms with Gasteiger partial charge in [0.15, 0.2) is 0 Å². The number of fused-ring (bicyclic) bond motifs is 1. The Morgan fingerprint density at radius 3 is 3.23 bits per heavy atom. The summed E-state index contributed by atoms with van der Waals surface area (Å²) in [5.74, 6) is 0. The van der Waals surface area contributed by atoms with Crippen LogP contribution in [0.25, 0.3) is 10.9 Å². The Bertz CT molecular complexity index is 410. The van der Waals surface area contributed by atoms with E-state index in [2.05, 4.69) is 9.97 Å². The molecule has 0 aliphatic heterocycles. The zero-order valence-corrected chi connectivity index (χ0v) is 7.07. The van der Waals surface area contributed by atoms with Crippen LogP contribution in [-0.4, -0.2) is 21.7 Å². The quantitative estimate of drug-likeness (QED) is 0.627. The Balaban J connectivity index is 2.57. The Kier molecular flexibility index (Phi) is 2.00. The topological polar surface area (TPSA) is 74.9 Å². The van der Waals surface area contributed by atoms with Crippen LogP contribution in [0.1, 0.15) is 11.6 Å². The van der Waals surface area contributed by atoms with Crippen LogP contribution in [0.3, 0.4) is 0 Å². The summed E-state index contributed by atoms with van der Waals surface area (Å²) in [6.45, 7) is -0.0537. The number of aromatic amines is 1. The molecular weight excluding hydrogens is 166 g/mol. The smallest absolute Gasteiger partial charge is 0.0625 e. The SMILES string of the molecule is NC(CO)c1c[nH]c2ccncc12. The number of H-pyrrole nitrogens is 1. The molecule has 13 heavy (non-hydrogen) atoms. The fraction of sp³-hybridized carbons (Fsp3) is 0.222. The molecule has 4 N–H and O–H groups in total. The number of aliphatic hydroxyl groups is 1. The molecule has 2 rings (SSSR count). The number of aromatic nitrogens is 2. The van der Waals surface area contributed by atoms with Crippen molar-refractivity contribution in [2.24, 2.45) is 5.73 Å². The van der Waals surface area contributed by atoms with Crippen LogP contribution >= 0.6 is 0 Å². The second kappa shape index (κ2) is 3.16. The molecule has 1 atom stereocenters. The van der Waals surface area contributed by atoms with Gasteiger partial charge in [0.05, 0.1) is 12.6 Å². The zero-order valence-electron chi connectivity index (χ0n) is 7.07. The molecule has 2 aromatic rings. The highest BCUT2D eigenvalue weighted by molar-refractivity contribution is 5.82. The molecule has 0 saturated heterocycles. The lowest BCUT2D eigenvalue weighted by atomic mass is 10.1. The summed E-state index contributed by atoms with van der Waals surface area (Å²) < 4.78 is 0. The van der Waals surface area contributed by atoms with Gasteiger partial charge in [-0.25, -0.2) is 0 Å². The van der Waals surface area contributed by atoms with Crippen molar-refractivity contribution in [1.82, 2.24) is 9.97 Å². The van der Waals surface area contributed by atoms with E-state index in [1.807, 2.05) is 12.3 Å². The van der Waals surface area contributed by atoms with Crippen molar-refractivity contribution in [2.45, 2.75) is 6.04 Å². The van der Waals surface area contributed by atoms with Crippen LogP contribution in [0.2, 0.25) is 0 Å². The molecule has 0 bridgehead atoms. The van der Waals surface area contributed by atoms with Gasteiger partial charge >= 0.3 is 0 Å². The van der Waals surface area contributed by atoms with Crippen molar-refractivity contribution in [1.29, 1.82) is 0 Å². The predicted octanol–water partition coefficient (Wildman–Crippen LogP) is 0.555. The summed E-state index contributed by atoms with van der Waals surface area (Å²) in [6, 6.07) is 1.54. The number of hydrogen-bond acceptors (Lipinski definition) is 3. The van der Waals surface area contributed by atoms with E-state index < -0.39 is 0 Å². The molecule has 0 amide bonds. The van der Waals surface area contributed by atoms with Crippen LogP contribution in [0.4, 0.5) is 0 Å². The van der Waals surface area contributed by atoms with Crippen molar-refractivity contribution in [3.63, 3.8) is 0 Å². The number of nitrogens with one attached hydrogen (secondary N) is 1. The van der Waals surface area contributed by atoms with Gasteiger partial charge in [0.1, 0.15) is 0 Å². The van der Waals surface area contributed by atoms with Gasteiger partial charge in [0, 0.05) is 29.5 Å². The summed E-state index contributed by atoms with van der Waals surface area (Å²) in [6.07, 6.45) is 5.27. The molecule has 0 radical (unpaired) electrons. The van der Waals surface area contributed by atoms with Crippen molar-refractivity contribution in [3.05, 3.63) is 30.2 Å². The first-order chi connectivity index (χ1) is 6.33. The van der Waals surface area contributed by atoms with Gasteiger partial charge in [-0.15, -0.1) is 0 Å². The standard InChI is InChI=1S/C9H11N3O/c10-8(5-13)6-4-12-9-1-2-11-3-7(6)9/h1-4,8,12-13H,5,10H2. The molecule has 0 saturated carbocycles. The van der Waals surface area contributed by atoms with Crippen molar-refractivity contribution >= 4 is 10.9 Å². The van der Waals surface area contributed by atoms with Gasteiger partial charge in [-0.1, -0.05) is 0 Å².